The lowest BCUT2D eigenvalue weighted by atomic mass is 10.0. The van der Waals surface area contributed by atoms with Gasteiger partial charge in [-0.2, -0.15) is 0 Å². The van der Waals surface area contributed by atoms with Gasteiger partial charge in [0, 0.05) is 13.2 Å². The quantitative estimate of drug-likeness (QED) is 0.757. The van der Waals surface area contributed by atoms with Crippen molar-refractivity contribution in [1.29, 1.82) is 0 Å². The molecule has 0 saturated carbocycles. The van der Waals surface area contributed by atoms with Crippen molar-refractivity contribution in [2.75, 3.05) is 26.9 Å². The summed E-state index contributed by atoms with van der Waals surface area (Å²) in [6.45, 7) is 7.15. The van der Waals surface area contributed by atoms with Crippen molar-refractivity contribution >= 4 is 0 Å². The van der Waals surface area contributed by atoms with Crippen LogP contribution in [0.2, 0.25) is 0 Å². The maximum Gasteiger partial charge on any atom is 0.211 e. The second kappa shape index (κ2) is 6.73. The number of methoxy groups -OCH3 is 1. The van der Waals surface area contributed by atoms with Gasteiger partial charge in [0.25, 0.3) is 0 Å². The fourth-order valence-electron chi connectivity index (χ4n) is 2.01. The molecule has 0 aliphatic heterocycles. The molecular formula is C14H23NO3. The Hall–Kier alpha value is -1.10. The van der Waals surface area contributed by atoms with Gasteiger partial charge in [0.15, 0.2) is 0 Å². The van der Waals surface area contributed by atoms with E-state index in [1.165, 1.54) is 0 Å². The number of aryl methyl sites for hydroxylation is 1. The van der Waals surface area contributed by atoms with Gasteiger partial charge in [0.1, 0.15) is 5.75 Å². The van der Waals surface area contributed by atoms with Crippen LogP contribution in [0.15, 0.2) is 18.2 Å². The Morgan fingerprint density at radius 2 is 1.78 bits per heavy atom. The average Bonchev–Trinajstić information content (AvgIpc) is 2.38. The molecule has 4 nitrogen and oxygen atoms in total. The van der Waals surface area contributed by atoms with Crippen LogP contribution < -0.4 is 10.5 Å². The van der Waals surface area contributed by atoms with Gasteiger partial charge in [-0.15, -0.1) is 0 Å². The molecule has 0 bridgehead atoms. The number of benzene rings is 1. The minimum absolute atomic E-state index is 0.245. The summed E-state index contributed by atoms with van der Waals surface area (Å²) in [5.74, 6) is -0.200. The molecule has 0 aromatic heterocycles. The molecule has 2 N–H and O–H groups in total. The van der Waals surface area contributed by atoms with E-state index in [1.54, 1.807) is 7.11 Å². The lowest BCUT2D eigenvalue weighted by Crippen LogP contribution is -2.41. The molecule has 1 aromatic rings. The number of ether oxygens (including phenoxy) is 3. The number of hydrogen-bond donors (Lipinski definition) is 1. The summed E-state index contributed by atoms with van der Waals surface area (Å²) >= 11 is 0. The molecule has 0 atom stereocenters. The van der Waals surface area contributed by atoms with Crippen molar-refractivity contribution < 1.29 is 14.2 Å². The maximum atomic E-state index is 5.88. The zero-order valence-electron chi connectivity index (χ0n) is 11.7. The molecule has 0 aliphatic rings. The lowest BCUT2D eigenvalue weighted by Gasteiger charge is -2.33. The Kier molecular flexibility index (Phi) is 5.59. The fourth-order valence-corrected chi connectivity index (χ4v) is 2.01. The first-order chi connectivity index (χ1) is 8.63. The second-order valence-electron chi connectivity index (χ2n) is 4.03. The van der Waals surface area contributed by atoms with E-state index in [4.69, 9.17) is 19.9 Å². The van der Waals surface area contributed by atoms with E-state index in [0.29, 0.717) is 13.2 Å². The third-order valence-corrected chi connectivity index (χ3v) is 2.79. The number of nitrogens with two attached hydrogens (primary N) is 1. The number of hydrogen-bond acceptors (Lipinski definition) is 4. The molecule has 0 aliphatic carbocycles. The molecule has 4 heteroatoms. The highest BCUT2D eigenvalue weighted by Crippen LogP contribution is 2.34. The summed E-state index contributed by atoms with van der Waals surface area (Å²) in [5, 5.41) is 0. The lowest BCUT2D eigenvalue weighted by molar-refractivity contribution is -0.236. The second-order valence-corrected chi connectivity index (χ2v) is 4.03. The van der Waals surface area contributed by atoms with Crippen LogP contribution >= 0.6 is 0 Å². The van der Waals surface area contributed by atoms with Crippen LogP contribution in [0.25, 0.3) is 0 Å². The Balaban J connectivity index is 3.29. The summed E-state index contributed by atoms with van der Waals surface area (Å²) in [7, 11) is 1.63. The Bertz CT molecular complexity index is 373. The predicted octanol–water partition coefficient (Wildman–Crippen LogP) is 2.19. The highest BCUT2D eigenvalue weighted by Gasteiger charge is 2.35. The van der Waals surface area contributed by atoms with Crippen molar-refractivity contribution in [3.05, 3.63) is 29.3 Å². The molecule has 0 saturated heterocycles. The molecule has 0 radical (unpaired) electrons. The molecule has 0 unspecified atom stereocenters. The van der Waals surface area contributed by atoms with E-state index in [0.717, 1.165) is 16.9 Å². The molecule has 0 amide bonds. The van der Waals surface area contributed by atoms with Gasteiger partial charge in [0.2, 0.25) is 5.79 Å². The first-order valence-electron chi connectivity index (χ1n) is 6.26. The van der Waals surface area contributed by atoms with Gasteiger partial charge in [-0.3, -0.25) is 0 Å². The molecular weight excluding hydrogens is 230 g/mol. The minimum Gasteiger partial charge on any atom is -0.496 e. The zero-order valence-corrected chi connectivity index (χ0v) is 11.7. The predicted molar refractivity (Wildman–Crippen MR) is 71.7 cm³/mol. The van der Waals surface area contributed by atoms with Crippen LogP contribution in [0.3, 0.4) is 0 Å². The van der Waals surface area contributed by atoms with Crippen LogP contribution in [0, 0.1) is 6.92 Å². The van der Waals surface area contributed by atoms with E-state index in [1.807, 2.05) is 39.0 Å². The van der Waals surface area contributed by atoms with E-state index in [9.17, 15) is 0 Å². The van der Waals surface area contributed by atoms with Crippen molar-refractivity contribution in [2.24, 2.45) is 5.73 Å². The van der Waals surface area contributed by atoms with Gasteiger partial charge in [-0.25, -0.2) is 0 Å². The fraction of sp³-hybridized carbons (Fsp3) is 0.571. The number of rotatable bonds is 7. The molecule has 0 fully saturated rings. The summed E-state index contributed by atoms with van der Waals surface area (Å²) in [5.41, 5.74) is 7.84. The highest BCUT2D eigenvalue weighted by molar-refractivity contribution is 5.40. The summed E-state index contributed by atoms with van der Waals surface area (Å²) < 4.78 is 16.9. The van der Waals surface area contributed by atoms with Gasteiger partial charge in [-0.1, -0.05) is 11.6 Å². The SMILES string of the molecule is CCOC(CN)(OCC)c1cc(C)ccc1OC. The topological polar surface area (TPSA) is 53.7 Å². The van der Waals surface area contributed by atoms with E-state index in [-0.39, 0.29) is 6.54 Å². The summed E-state index contributed by atoms with van der Waals surface area (Å²) in [6, 6.07) is 5.89. The molecule has 1 rings (SSSR count). The molecule has 18 heavy (non-hydrogen) atoms. The minimum atomic E-state index is -0.930. The maximum absolute atomic E-state index is 5.88. The van der Waals surface area contributed by atoms with Gasteiger partial charge < -0.3 is 19.9 Å². The molecule has 0 spiro atoms. The smallest absolute Gasteiger partial charge is 0.211 e. The molecule has 102 valence electrons. The van der Waals surface area contributed by atoms with E-state index >= 15 is 0 Å². The first kappa shape index (κ1) is 15.0. The van der Waals surface area contributed by atoms with Crippen LogP contribution in [0.1, 0.15) is 25.0 Å². The van der Waals surface area contributed by atoms with E-state index < -0.39 is 5.79 Å². The Morgan fingerprint density at radius 1 is 1.17 bits per heavy atom. The van der Waals surface area contributed by atoms with Crippen molar-refractivity contribution in [3.63, 3.8) is 0 Å². The third-order valence-electron chi connectivity index (χ3n) is 2.79. The van der Waals surface area contributed by atoms with Gasteiger partial charge >= 0.3 is 0 Å². The van der Waals surface area contributed by atoms with Crippen molar-refractivity contribution in [2.45, 2.75) is 26.6 Å². The third kappa shape index (κ3) is 3.02. The highest BCUT2D eigenvalue weighted by atomic mass is 16.7. The summed E-state index contributed by atoms with van der Waals surface area (Å²) in [6.07, 6.45) is 0. The normalized spacial score (nSPS) is 11.6. The Labute approximate surface area is 109 Å². The van der Waals surface area contributed by atoms with E-state index in [2.05, 4.69) is 0 Å². The summed E-state index contributed by atoms with van der Waals surface area (Å²) in [4.78, 5) is 0. The average molecular weight is 253 g/mol. The largest absolute Gasteiger partial charge is 0.496 e. The van der Waals surface area contributed by atoms with Crippen molar-refractivity contribution in [1.82, 2.24) is 0 Å². The molecule has 1 aromatic carbocycles. The monoisotopic (exact) mass is 253 g/mol. The zero-order chi connectivity index (χ0) is 13.6. The van der Waals surface area contributed by atoms with Gasteiger partial charge in [-0.05, 0) is 32.9 Å². The van der Waals surface area contributed by atoms with Crippen LogP contribution in [0.4, 0.5) is 0 Å². The molecule has 0 heterocycles. The Morgan fingerprint density at radius 3 is 2.22 bits per heavy atom. The van der Waals surface area contributed by atoms with Crippen molar-refractivity contribution in [3.8, 4) is 5.75 Å². The van der Waals surface area contributed by atoms with Crippen LogP contribution in [0.5, 0.6) is 5.75 Å². The van der Waals surface area contributed by atoms with Crippen LogP contribution in [-0.2, 0) is 15.3 Å². The van der Waals surface area contributed by atoms with Gasteiger partial charge in [0.05, 0.1) is 19.2 Å². The van der Waals surface area contributed by atoms with Crippen LogP contribution in [-0.4, -0.2) is 26.9 Å². The first-order valence-corrected chi connectivity index (χ1v) is 6.26. The standard InChI is InChI=1S/C14H23NO3/c1-5-17-14(10-15,18-6-2)12-9-11(3)7-8-13(12)16-4/h7-9H,5-6,10,15H2,1-4H3.